The number of halogens is 1. The van der Waals surface area contributed by atoms with Gasteiger partial charge in [-0.3, -0.25) is 4.79 Å². The van der Waals surface area contributed by atoms with Gasteiger partial charge in [0.2, 0.25) is 0 Å². The molecule has 0 spiro atoms. The van der Waals surface area contributed by atoms with Crippen LogP contribution in [-0.4, -0.2) is 5.78 Å². The van der Waals surface area contributed by atoms with E-state index >= 15 is 0 Å². The van der Waals surface area contributed by atoms with Crippen molar-refractivity contribution in [2.75, 3.05) is 0 Å². The molecular weight excluding hydrogens is 228 g/mol. The lowest BCUT2D eigenvalue weighted by atomic mass is 9.95. The van der Waals surface area contributed by atoms with Crippen LogP contribution < -0.4 is 0 Å². The Bertz CT molecular complexity index is 329. The van der Waals surface area contributed by atoms with E-state index in [1.54, 1.807) is 6.92 Å². The predicted octanol–water partition coefficient (Wildman–Crippen LogP) is 3.78. The lowest BCUT2D eigenvalue weighted by Crippen LogP contribution is -2.00. The standard InChI is InChI=1S/C11H13BrO/c1-7(2)11-6-9(12)4-5-10(11)8(3)13/h4-7H,1-3H3. The fraction of sp³-hybridized carbons (Fsp3) is 0.364. The molecule has 0 saturated carbocycles. The van der Waals surface area contributed by atoms with Crippen molar-refractivity contribution in [3.63, 3.8) is 0 Å². The van der Waals surface area contributed by atoms with Crippen LogP contribution in [0.15, 0.2) is 22.7 Å². The number of hydrogen-bond acceptors (Lipinski definition) is 1. The second-order valence-electron chi connectivity index (χ2n) is 3.44. The molecule has 0 N–H and O–H groups in total. The number of hydrogen-bond donors (Lipinski definition) is 0. The maximum absolute atomic E-state index is 11.3. The van der Waals surface area contributed by atoms with Crippen molar-refractivity contribution in [2.45, 2.75) is 26.7 Å². The summed E-state index contributed by atoms with van der Waals surface area (Å²) in [6.07, 6.45) is 0. The smallest absolute Gasteiger partial charge is 0.160 e. The summed E-state index contributed by atoms with van der Waals surface area (Å²) in [5.74, 6) is 0.521. The van der Waals surface area contributed by atoms with Gasteiger partial charge in [-0.05, 0) is 30.5 Å². The van der Waals surface area contributed by atoms with Crippen molar-refractivity contribution in [1.29, 1.82) is 0 Å². The van der Waals surface area contributed by atoms with E-state index in [0.29, 0.717) is 5.92 Å². The third-order valence-corrected chi connectivity index (χ3v) is 2.51. The van der Waals surface area contributed by atoms with E-state index in [4.69, 9.17) is 0 Å². The summed E-state index contributed by atoms with van der Waals surface area (Å²) >= 11 is 3.40. The molecule has 0 unspecified atom stereocenters. The van der Waals surface area contributed by atoms with Crippen LogP contribution in [0.4, 0.5) is 0 Å². The molecule has 0 heterocycles. The first-order chi connectivity index (χ1) is 6.02. The Balaban J connectivity index is 3.26. The van der Waals surface area contributed by atoms with E-state index in [-0.39, 0.29) is 5.78 Å². The van der Waals surface area contributed by atoms with Crippen LogP contribution in [0.2, 0.25) is 0 Å². The molecule has 1 rings (SSSR count). The third-order valence-electron chi connectivity index (χ3n) is 2.01. The number of Topliss-reactive ketones (excluding diaryl/α,β-unsaturated/α-hetero) is 1. The van der Waals surface area contributed by atoms with E-state index in [1.807, 2.05) is 18.2 Å². The van der Waals surface area contributed by atoms with Gasteiger partial charge in [0.05, 0.1) is 0 Å². The lowest BCUT2D eigenvalue weighted by molar-refractivity contribution is 0.101. The van der Waals surface area contributed by atoms with Crippen LogP contribution in [-0.2, 0) is 0 Å². The monoisotopic (exact) mass is 240 g/mol. The molecule has 0 bridgehead atoms. The number of rotatable bonds is 2. The molecule has 0 aliphatic rings. The van der Waals surface area contributed by atoms with Crippen LogP contribution in [0.3, 0.4) is 0 Å². The first-order valence-electron chi connectivity index (χ1n) is 4.32. The van der Waals surface area contributed by atoms with Gasteiger partial charge in [0.25, 0.3) is 0 Å². The Morgan fingerprint density at radius 3 is 2.46 bits per heavy atom. The minimum Gasteiger partial charge on any atom is -0.295 e. The van der Waals surface area contributed by atoms with Crippen LogP contribution in [0.25, 0.3) is 0 Å². The molecule has 1 nitrogen and oxygen atoms in total. The zero-order valence-corrected chi connectivity index (χ0v) is 9.68. The molecule has 1 aromatic rings. The normalized spacial score (nSPS) is 10.5. The van der Waals surface area contributed by atoms with E-state index in [1.165, 1.54) is 0 Å². The molecule has 1 aromatic carbocycles. The zero-order chi connectivity index (χ0) is 10.0. The SMILES string of the molecule is CC(=O)c1ccc(Br)cc1C(C)C. The van der Waals surface area contributed by atoms with Gasteiger partial charge in [-0.15, -0.1) is 0 Å². The van der Waals surface area contributed by atoms with Gasteiger partial charge in [-0.2, -0.15) is 0 Å². The first-order valence-corrected chi connectivity index (χ1v) is 5.12. The Morgan fingerprint density at radius 1 is 1.38 bits per heavy atom. The highest BCUT2D eigenvalue weighted by atomic mass is 79.9. The summed E-state index contributed by atoms with van der Waals surface area (Å²) in [6.45, 7) is 5.79. The average Bonchev–Trinajstić information content (AvgIpc) is 2.03. The quantitative estimate of drug-likeness (QED) is 0.720. The highest BCUT2D eigenvalue weighted by Gasteiger charge is 2.10. The van der Waals surface area contributed by atoms with Gasteiger partial charge < -0.3 is 0 Å². The minimum atomic E-state index is 0.135. The molecule has 0 saturated heterocycles. The van der Waals surface area contributed by atoms with E-state index in [9.17, 15) is 4.79 Å². The number of ketones is 1. The summed E-state index contributed by atoms with van der Waals surface area (Å²) in [6, 6.07) is 5.80. The zero-order valence-electron chi connectivity index (χ0n) is 8.10. The largest absolute Gasteiger partial charge is 0.295 e. The molecule has 0 aromatic heterocycles. The molecule has 2 heteroatoms. The Hall–Kier alpha value is -0.630. The summed E-state index contributed by atoms with van der Waals surface area (Å²) in [7, 11) is 0. The third kappa shape index (κ3) is 2.41. The van der Waals surface area contributed by atoms with Crippen molar-refractivity contribution < 1.29 is 4.79 Å². The highest BCUT2D eigenvalue weighted by Crippen LogP contribution is 2.23. The van der Waals surface area contributed by atoms with E-state index < -0.39 is 0 Å². The van der Waals surface area contributed by atoms with Gasteiger partial charge >= 0.3 is 0 Å². The van der Waals surface area contributed by atoms with Crippen LogP contribution in [0.5, 0.6) is 0 Å². The van der Waals surface area contributed by atoms with Crippen molar-refractivity contribution in [3.05, 3.63) is 33.8 Å². The fourth-order valence-electron chi connectivity index (χ4n) is 1.33. The van der Waals surface area contributed by atoms with Crippen LogP contribution >= 0.6 is 15.9 Å². The van der Waals surface area contributed by atoms with E-state index in [2.05, 4.69) is 29.8 Å². The van der Waals surface area contributed by atoms with Crippen molar-refractivity contribution in [1.82, 2.24) is 0 Å². The van der Waals surface area contributed by atoms with Crippen LogP contribution in [0, 0.1) is 0 Å². The molecular formula is C11H13BrO. The summed E-state index contributed by atoms with van der Waals surface area (Å²) in [5.41, 5.74) is 1.94. The van der Waals surface area contributed by atoms with E-state index in [0.717, 1.165) is 15.6 Å². The Morgan fingerprint density at radius 2 is 2.00 bits per heavy atom. The first kappa shape index (κ1) is 10.5. The van der Waals surface area contributed by atoms with Gasteiger partial charge in [0.15, 0.2) is 5.78 Å². The van der Waals surface area contributed by atoms with Crippen molar-refractivity contribution in [3.8, 4) is 0 Å². The molecule has 0 aliphatic heterocycles. The minimum absolute atomic E-state index is 0.135. The molecule has 0 amide bonds. The predicted molar refractivity (Wildman–Crippen MR) is 58.2 cm³/mol. The molecule has 0 fully saturated rings. The second-order valence-corrected chi connectivity index (χ2v) is 4.36. The molecule has 70 valence electrons. The number of carbonyl (C=O) groups is 1. The maximum atomic E-state index is 11.3. The topological polar surface area (TPSA) is 17.1 Å². The maximum Gasteiger partial charge on any atom is 0.160 e. The summed E-state index contributed by atoms with van der Waals surface area (Å²) in [5, 5.41) is 0. The van der Waals surface area contributed by atoms with Gasteiger partial charge in [0, 0.05) is 10.0 Å². The molecule has 0 radical (unpaired) electrons. The summed E-state index contributed by atoms with van der Waals surface area (Å²) in [4.78, 5) is 11.3. The van der Waals surface area contributed by atoms with Gasteiger partial charge in [-0.1, -0.05) is 35.8 Å². The average molecular weight is 241 g/mol. The van der Waals surface area contributed by atoms with Gasteiger partial charge in [-0.25, -0.2) is 0 Å². The lowest BCUT2D eigenvalue weighted by Gasteiger charge is -2.10. The molecule has 0 atom stereocenters. The Labute approximate surface area is 87.3 Å². The number of benzene rings is 1. The second kappa shape index (κ2) is 4.05. The van der Waals surface area contributed by atoms with Crippen molar-refractivity contribution in [2.24, 2.45) is 0 Å². The van der Waals surface area contributed by atoms with Crippen molar-refractivity contribution >= 4 is 21.7 Å². The summed E-state index contributed by atoms with van der Waals surface area (Å²) < 4.78 is 1.03. The van der Waals surface area contributed by atoms with Crippen LogP contribution in [0.1, 0.15) is 42.6 Å². The molecule has 0 aliphatic carbocycles. The van der Waals surface area contributed by atoms with Gasteiger partial charge in [0.1, 0.15) is 0 Å². The fourth-order valence-corrected chi connectivity index (χ4v) is 1.71. The number of carbonyl (C=O) groups excluding carboxylic acids is 1. The Kier molecular flexibility index (Phi) is 3.26. The molecule has 13 heavy (non-hydrogen) atoms. The highest BCUT2D eigenvalue weighted by molar-refractivity contribution is 9.10.